The second-order valence-corrected chi connectivity index (χ2v) is 17.2. The van der Waals surface area contributed by atoms with Gasteiger partial charge < -0.3 is 39.2 Å². The number of aliphatic hydroxyl groups excluding tert-OH is 1. The SMILES string of the molecule is CC(=O)OC[C@]1(OC(C)=O)C=CC(=O)[C@@]2(C)C(=O)[C@H](OC(C)=O)C3=C(C)[C@@H](OC(=O)[C@H](O)[C@@H](NC(=O)c4ccccc4)c4ccccc4)C[C@@](O)([C@@H](OC(=O)c4ccccc4)[C@@H]21)C3(C)C. The maximum Gasteiger partial charge on any atom is 0.338 e. The van der Waals surface area contributed by atoms with Crippen molar-refractivity contribution in [1.82, 2.24) is 5.32 Å². The van der Waals surface area contributed by atoms with Gasteiger partial charge in [0, 0.05) is 38.2 Å². The van der Waals surface area contributed by atoms with Crippen LogP contribution in [0.3, 0.4) is 0 Å². The molecular formula is C49H51NO15. The first-order valence-corrected chi connectivity index (χ1v) is 20.9. The largest absolute Gasteiger partial charge is 0.461 e. The topological polar surface area (TPSA) is 235 Å². The number of ketones is 2. The second-order valence-electron chi connectivity index (χ2n) is 17.2. The number of ether oxygens (including phenoxy) is 5. The van der Waals surface area contributed by atoms with Gasteiger partial charge in [-0.05, 0) is 67.0 Å². The summed E-state index contributed by atoms with van der Waals surface area (Å²) in [6.45, 7) is 7.81. The molecule has 1 saturated carbocycles. The van der Waals surface area contributed by atoms with Crippen molar-refractivity contribution in [3.8, 4) is 0 Å². The summed E-state index contributed by atoms with van der Waals surface area (Å²) in [5.41, 5.74) is -8.76. The number of aliphatic hydroxyl groups is 2. The van der Waals surface area contributed by atoms with Crippen molar-refractivity contribution in [2.45, 2.75) is 96.5 Å². The van der Waals surface area contributed by atoms with E-state index in [0.717, 1.165) is 32.9 Å². The molecule has 0 spiro atoms. The maximum absolute atomic E-state index is 15.5. The Bertz CT molecular complexity index is 2450. The fourth-order valence-corrected chi connectivity index (χ4v) is 9.49. The predicted molar refractivity (Wildman–Crippen MR) is 228 cm³/mol. The molecule has 0 radical (unpaired) electrons. The monoisotopic (exact) mass is 893 g/mol. The molecule has 1 fully saturated rings. The normalized spacial score (nSPS) is 27.6. The van der Waals surface area contributed by atoms with Gasteiger partial charge in [-0.2, -0.15) is 0 Å². The lowest BCUT2D eigenvalue weighted by Gasteiger charge is -2.61. The van der Waals surface area contributed by atoms with Crippen LogP contribution < -0.4 is 5.32 Å². The van der Waals surface area contributed by atoms with Crippen molar-refractivity contribution in [1.29, 1.82) is 0 Å². The molecule has 9 atom stereocenters. The van der Waals surface area contributed by atoms with Crippen LogP contribution in [-0.2, 0) is 52.5 Å². The van der Waals surface area contributed by atoms with Crippen molar-refractivity contribution in [2.24, 2.45) is 16.7 Å². The molecule has 0 aromatic heterocycles. The summed E-state index contributed by atoms with van der Waals surface area (Å²) in [6, 6.07) is 22.3. The van der Waals surface area contributed by atoms with Gasteiger partial charge in [0.05, 0.1) is 17.5 Å². The van der Waals surface area contributed by atoms with Gasteiger partial charge in [-0.25, -0.2) is 9.59 Å². The predicted octanol–water partition coefficient (Wildman–Crippen LogP) is 4.27. The molecule has 0 unspecified atom stereocenters. The molecule has 0 aliphatic heterocycles. The number of allylic oxidation sites excluding steroid dienone is 1. The Morgan fingerprint density at radius 3 is 1.89 bits per heavy atom. The van der Waals surface area contributed by atoms with Crippen molar-refractivity contribution in [2.75, 3.05) is 6.61 Å². The average Bonchev–Trinajstić information content (AvgIpc) is 3.27. The van der Waals surface area contributed by atoms with Gasteiger partial charge in [-0.3, -0.25) is 28.8 Å². The summed E-state index contributed by atoms with van der Waals surface area (Å²) in [5, 5.41) is 28.2. The van der Waals surface area contributed by atoms with Crippen LogP contribution in [0, 0.1) is 16.7 Å². The number of fused-ring (bicyclic) bond motifs is 3. The number of hydrogen-bond acceptors (Lipinski definition) is 15. The smallest absolute Gasteiger partial charge is 0.338 e. The lowest BCUT2D eigenvalue weighted by molar-refractivity contribution is -0.239. The van der Waals surface area contributed by atoms with Crippen LogP contribution in [0.4, 0.5) is 0 Å². The van der Waals surface area contributed by atoms with Gasteiger partial charge in [0.2, 0.25) is 0 Å². The molecule has 3 aromatic rings. The summed E-state index contributed by atoms with van der Waals surface area (Å²) in [7, 11) is 0. The number of esters is 5. The Morgan fingerprint density at radius 2 is 1.34 bits per heavy atom. The highest BCUT2D eigenvalue weighted by Gasteiger charge is 2.74. The second kappa shape index (κ2) is 18.4. The first-order valence-electron chi connectivity index (χ1n) is 20.9. The van der Waals surface area contributed by atoms with E-state index >= 15 is 4.79 Å². The molecule has 65 heavy (non-hydrogen) atoms. The van der Waals surface area contributed by atoms with Crippen LogP contribution in [0.25, 0.3) is 0 Å². The number of rotatable bonds is 12. The van der Waals surface area contributed by atoms with Crippen molar-refractivity contribution < 1.29 is 72.3 Å². The van der Waals surface area contributed by atoms with Gasteiger partial charge in [0.1, 0.15) is 29.8 Å². The van der Waals surface area contributed by atoms with E-state index in [9.17, 15) is 43.8 Å². The zero-order valence-corrected chi connectivity index (χ0v) is 36.9. The van der Waals surface area contributed by atoms with Crippen LogP contribution in [-0.4, -0.2) is 99.8 Å². The van der Waals surface area contributed by atoms with E-state index in [1.165, 1.54) is 64.1 Å². The first-order chi connectivity index (χ1) is 30.6. The fraction of sp³-hybridized carbons (Fsp3) is 0.388. The molecule has 3 aliphatic rings. The van der Waals surface area contributed by atoms with Gasteiger partial charge in [0.15, 0.2) is 29.4 Å². The number of benzene rings is 3. The highest BCUT2D eigenvalue weighted by Crippen LogP contribution is 2.61. The van der Waals surface area contributed by atoms with Crippen LogP contribution in [0.15, 0.2) is 114 Å². The molecule has 2 bridgehead atoms. The van der Waals surface area contributed by atoms with Crippen LogP contribution >= 0.6 is 0 Å². The zero-order valence-electron chi connectivity index (χ0n) is 36.9. The molecule has 342 valence electrons. The van der Waals surface area contributed by atoms with E-state index in [2.05, 4.69) is 5.32 Å². The maximum atomic E-state index is 15.5. The molecule has 6 rings (SSSR count). The molecule has 16 nitrogen and oxygen atoms in total. The number of amides is 1. The van der Waals surface area contributed by atoms with E-state index in [4.69, 9.17) is 23.7 Å². The molecule has 3 aliphatic carbocycles. The van der Waals surface area contributed by atoms with Crippen molar-refractivity contribution in [3.05, 3.63) is 131 Å². The summed E-state index contributed by atoms with van der Waals surface area (Å²) in [6.07, 6.45) is -6.43. The molecule has 3 aromatic carbocycles. The van der Waals surface area contributed by atoms with Gasteiger partial charge in [-0.1, -0.05) is 80.6 Å². The molecule has 3 N–H and O–H groups in total. The van der Waals surface area contributed by atoms with Crippen molar-refractivity contribution >= 4 is 47.3 Å². The van der Waals surface area contributed by atoms with E-state index < -0.39 is 119 Å². The highest BCUT2D eigenvalue weighted by atomic mass is 16.6. The summed E-state index contributed by atoms with van der Waals surface area (Å²) < 4.78 is 29.5. The minimum absolute atomic E-state index is 0.0316. The Balaban J connectivity index is 1.57. The lowest BCUT2D eigenvalue weighted by atomic mass is 9.47. The Labute approximate surface area is 374 Å². The molecule has 16 heteroatoms. The number of Topliss-reactive ketones (excluding diaryl/α,β-unsaturated/α-hetero) is 1. The molecule has 0 heterocycles. The fourth-order valence-electron chi connectivity index (χ4n) is 9.49. The molecule has 1 amide bonds. The van der Waals surface area contributed by atoms with E-state index in [0.29, 0.717) is 5.56 Å². The summed E-state index contributed by atoms with van der Waals surface area (Å²) >= 11 is 0. The summed E-state index contributed by atoms with van der Waals surface area (Å²) in [4.78, 5) is 111. The van der Waals surface area contributed by atoms with Crippen LogP contribution in [0.5, 0.6) is 0 Å². The van der Waals surface area contributed by atoms with E-state index in [1.54, 1.807) is 54.6 Å². The Kier molecular flexibility index (Phi) is 13.5. The number of carbonyl (C=O) groups excluding carboxylic acids is 8. The third kappa shape index (κ3) is 8.87. The highest BCUT2D eigenvalue weighted by molar-refractivity contribution is 6.15. The Hall–Kier alpha value is -6.78. The third-order valence-corrected chi connectivity index (χ3v) is 12.8. The average molecular weight is 894 g/mol. The lowest BCUT2D eigenvalue weighted by Crippen LogP contribution is -2.75. The standard InChI is InChI=1S/C49H51NO15/c1-27-34(63-45(59)38(55)37(31-17-11-8-12-18-31)50-43(57)32-19-13-9-14-20-32)25-49(60)42(64-44(58)33-21-15-10-16-22-33)40-47(7,41(56)39(62-29(3)52)36(27)46(49,5)6)35(54)23-24-48(40,65-30(4)53)26-61-28(2)51/h8-24,34,37-40,42,55,60H,25-26H2,1-7H3,(H,50,57)/t34-,37-,38+,39+,40-,42-,47+,48+,49+/m0/s1. The van der Waals surface area contributed by atoms with Crippen LogP contribution in [0.1, 0.15) is 87.2 Å². The third-order valence-electron chi connectivity index (χ3n) is 12.8. The molecule has 0 saturated heterocycles. The van der Waals surface area contributed by atoms with Gasteiger partial charge in [-0.15, -0.1) is 0 Å². The molecular weight excluding hydrogens is 843 g/mol. The van der Waals surface area contributed by atoms with Crippen LogP contribution in [0.2, 0.25) is 0 Å². The quantitative estimate of drug-likeness (QED) is 0.0997. The first kappa shape index (κ1) is 47.7. The number of nitrogens with one attached hydrogen (secondary N) is 1. The van der Waals surface area contributed by atoms with Gasteiger partial charge >= 0.3 is 29.8 Å². The zero-order chi connectivity index (χ0) is 47.6. The number of hydrogen-bond donors (Lipinski definition) is 3. The van der Waals surface area contributed by atoms with Gasteiger partial charge in [0.25, 0.3) is 5.91 Å². The Morgan fingerprint density at radius 1 is 0.769 bits per heavy atom. The summed E-state index contributed by atoms with van der Waals surface area (Å²) in [5.74, 6) is -9.81. The van der Waals surface area contributed by atoms with Crippen molar-refractivity contribution in [3.63, 3.8) is 0 Å². The van der Waals surface area contributed by atoms with E-state index in [-0.39, 0.29) is 22.3 Å². The number of carbonyl (C=O) groups is 8. The minimum atomic E-state index is -2.58. The van der Waals surface area contributed by atoms with E-state index in [1.807, 2.05) is 0 Å². The minimum Gasteiger partial charge on any atom is -0.461 e.